The van der Waals surface area contributed by atoms with Crippen molar-refractivity contribution in [3.05, 3.63) is 59.7 Å². The highest BCUT2D eigenvalue weighted by atomic mass is 19.4. The predicted octanol–water partition coefficient (Wildman–Crippen LogP) is 2.93. The average Bonchev–Trinajstić information content (AvgIpc) is 2.97. The third kappa shape index (κ3) is 4.42. The molecule has 0 radical (unpaired) electrons. The lowest BCUT2D eigenvalue weighted by Crippen LogP contribution is -2.40. The SMILES string of the molecule is O=C(C[C@@H](CO)N1Cc2ccccc2C1=O)Nc1ccccc1OC(F)(F)F. The standard InChI is InChI=1S/C19H17F3N2O4/c20-19(21,22)28-16-8-4-3-7-15(16)23-17(26)9-13(11-25)24-10-12-5-1-2-6-14(12)18(24)27/h1-8,13,25H,9-11H2,(H,23,26)/t13-/m0/s1. The number of halogens is 3. The Bertz CT molecular complexity index is 885. The molecular weight excluding hydrogens is 377 g/mol. The molecule has 1 atom stereocenters. The van der Waals surface area contributed by atoms with Crippen LogP contribution >= 0.6 is 0 Å². The number of ether oxygens (including phenoxy) is 1. The molecular formula is C19H17F3N2O4. The molecule has 1 aliphatic heterocycles. The Labute approximate surface area is 158 Å². The molecule has 6 nitrogen and oxygen atoms in total. The maximum absolute atomic E-state index is 12.5. The fourth-order valence-electron chi connectivity index (χ4n) is 3.04. The van der Waals surface area contributed by atoms with E-state index in [1.807, 2.05) is 0 Å². The first-order chi connectivity index (χ1) is 13.3. The molecule has 2 amide bonds. The van der Waals surface area contributed by atoms with Gasteiger partial charge in [0.25, 0.3) is 5.91 Å². The summed E-state index contributed by atoms with van der Waals surface area (Å²) >= 11 is 0. The van der Waals surface area contributed by atoms with E-state index in [1.54, 1.807) is 24.3 Å². The molecule has 0 saturated carbocycles. The van der Waals surface area contributed by atoms with Gasteiger partial charge in [0, 0.05) is 18.5 Å². The smallest absolute Gasteiger partial charge is 0.404 e. The average molecular weight is 394 g/mol. The molecule has 0 aliphatic carbocycles. The Balaban J connectivity index is 1.69. The van der Waals surface area contributed by atoms with Crippen molar-refractivity contribution in [3.63, 3.8) is 0 Å². The van der Waals surface area contributed by atoms with Crippen LogP contribution in [0.5, 0.6) is 5.75 Å². The van der Waals surface area contributed by atoms with Crippen molar-refractivity contribution < 1.29 is 32.6 Å². The zero-order chi connectivity index (χ0) is 20.3. The Hall–Kier alpha value is -3.07. The molecule has 28 heavy (non-hydrogen) atoms. The lowest BCUT2D eigenvalue weighted by Gasteiger charge is -2.25. The number of fused-ring (bicyclic) bond motifs is 1. The summed E-state index contributed by atoms with van der Waals surface area (Å²) in [4.78, 5) is 26.2. The van der Waals surface area contributed by atoms with E-state index >= 15 is 0 Å². The van der Waals surface area contributed by atoms with Crippen LogP contribution in [-0.4, -0.2) is 40.8 Å². The van der Waals surface area contributed by atoms with Gasteiger partial charge in [-0.05, 0) is 23.8 Å². The summed E-state index contributed by atoms with van der Waals surface area (Å²) in [6.07, 6.45) is -5.18. The van der Waals surface area contributed by atoms with Gasteiger partial charge in [-0.3, -0.25) is 9.59 Å². The van der Waals surface area contributed by atoms with Crippen LogP contribution in [0.25, 0.3) is 0 Å². The van der Waals surface area contributed by atoms with E-state index in [0.29, 0.717) is 5.56 Å². The first-order valence-corrected chi connectivity index (χ1v) is 8.43. The molecule has 0 unspecified atom stereocenters. The van der Waals surface area contributed by atoms with Gasteiger partial charge < -0.3 is 20.1 Å². The second-order valence-electron chi connectivity index (χ2n) is 6.22. The van der Waals surface area contributed by atoms with Crippen molar-refractivity contribution >= 4 is 17.5 Å². The largest absolute Gasteiger partial charge is 0.573 e. The normalized spacial score (nSPS) is 14.6. The molecule has 0 saturated heterocycles. The molecule has 0 aromatic heterocycles. The summed E-state index contributed by atoms with van der Waals surface area (Å²) < 4.78 is 41.4. The van der Waals surface area contributed by atoms with Crippen LogP contribution in [0.15, 0.2) is 48.5 Å². The second-order valence-corrected chi connectivity index (χ2v) is 6.22. The van der Waals surface area contributed by atoms with Crippen LogP contribution < -0.4 is 10.1 Å². The van der Waals surface area contributed by atoms with E-state index in [0.717, 1.165) is 11.6 Å². The van der Waals surface area contributed by atoms with E-state index < -0.39 is 30.7 Å². The van der Waals surface area contributed by atoms with Crippen molar-refractivity contribution in [3.8, 4) is 5.75 Å². The van der Waals surface area contributed by atoms with E-state index in [1.165, 1.54) is 23.1 Å². The number of aliphatic hydroxyl groups excluding tert-OH is 1. The van der Waals surface area contributed by atoms with Crippen molar-refractivity contribution in [2.45, 2.75) is 25.4 Å². The summed E-state index contributed by atoms with van der Waals surface area (Å²) in [5, 5.41) is 12.0. The number of hydrogen-bond acceptors (Lipinski definition) is 4. The van der Waals surface area contributed by atoms with Crippen LogP contribution in [0.4, 0.5) is 18.9 Å². The first kappa shape index (κ1) is 19.7. The maximum atomic E-state index is 12.5. The summed E-state index contributed by atoms with van der Waals surface area (Å²) in [5.41, 5.74) is 1.14. The van der Waals surface area contributed by atoms with Crippen LogP contribution in [-0.2, 0) is 11.3 Å². The van der Waals surface area contributed by atoms with Crippen molar-refractivity contribution in [2.24, 2.45) is 0 Å². The minimum Gasteiger partial charge on any atom is -0.404 e. The third-order valence-electron chi connectivity index (χ3n) is 4.31. The molecule has 2 aromatic carbocycles. The number of rotatable bonds is 6. The number of carbonyl (C=O) groups is 2. The molecule has 3 rings (SSSR count). The quantitative estimate of drug-likeness (QED) is 0.790. The van der Waals surface area contributed by atoms with Crippen LogP contribution in [0.1, 0.15) is 22.3 Å². The number of anilines is 1. The summed E-state index contributed by atoms with van der Waals surface area (Å²) in [6, 6.07) is 11.3. The number of nitrogens with zero attached hydrogens (tertiary/aromatic N) is 1. The molecule has 2 N–H and O–H groups in total. The lowest BCUT2D eigenvalue weighted by molar-refractivity contribution is -0.274. The monoisotopic (exact) mass is 394 g/mol. The molecule has 1 heterocycles. The number of para-hydroxylation sites is 2. The van der Waals surface area contributed by atoms with Crippen molar-refractivity contribution in [1.29, 1.82) is 0 Å². The van der Waals surface area contributed by atoms with Crippen LogP contribution in [0.3, 0.4) is 0 Å². The number of amides is 2. The zero-order valence-electron chi connectivity index (χ0n) is 14.6. The number of benzene rings is 2. The Morgan fingerprint density at radius 1 is 1.18 bits per heavy atom. The van der Waals surface area contributed by atoms with Gasteiger partial charge in [-0.1, -0.05) is 30.3 Å². The zero-order valence-corrected chi connectivity index (χ0v) is 14.6. The Morgan fingerprint density at radius 2 is 1.86 bits per heavy atom. The van der Waals surface area contributed by atoms with Gasteiger partial charge in [-0.15, -0.1) is 13.2 Å². The van der Waals surface area contributed by atoms with Gasteiger partial charge in [0.15, 0.2) is 5.75 Å². The predicted molar refractivity (Wildman–Crippen MR) is 93.6 cm³/mol. The Morgan fingerprint density at radius 3 is 2.54 bits per heavy atom. The van der Waals surface area contributed by atoms with Gasteiger partial charge in [0.05, 0.1) is 18.3 Å². The highest BCUT2D eigenvalue weighted by Gasteiger charge is 2.34. The molecule has 9 heteroatoms. The molecule has 0 spiro atoms. The number of nitrogens with one attached hydrogen (secondary N) is 1. The van der Waals surface area contributed by atoms with Crippen LogP contribution in [0, 0.1) is 0 Å². The first-order valence-electron chi connectivity index (χ1n) is 8.43. The van der Waals surface area contributed by atoms with Crippen molar-refractivity contribution in [2.75, 3.05) is 11.9 Å². The minimum absolute atomic E-state index is 0.155. The molecule has 2 aromatic rings. The van der Waals surface area contributed by atoms with Gasteiger partial charge in [0.1, 0.15) is 0 Å². The number of aliphatic hydroxyl groups is 1. The fraction of sp³-hybridized carbons (Fsp3) is 0.263. The van der Waals surface area contributed by atoms with E-state index in [4.69, 9.17) is 0 Å². The van der Waals surface area contributed by atoms with Gasteiger partial charge in [0.2, 0.25) is 5.91 Å². The topological polar surface area (TPSA) is 78.9 Å². The van der Waals surface area contributed by atoms with Gasteiger partial charge in [-0.25, -0.2) is 0 Å². The van der Waals surface area contributed by atoms with Gasteiger partial charge in [-0.2, -0.15) is 0 Å². The minimum atomic E-state index is -4.90. The maximum Gasteiger partial charge on any atom is 0.573 e. The number of carbonyl (C=O) groups excluding carboxylic acids is 2. The highest BCUT2D eigenvalue weighted by Crippen LogP contribution is 2.30. The van der Waals surface area contributed by atoms with E-state index in [-0.39, 0.29) is 24.6 Å². The molecule has 1 aliphatic rings. The fourth-order valence-corrected chi connectivity index (χ4v) is 3.04. The van der Waals surface area contributed by atoms with Crippen LogP contribution in [0.2, 0.25) is 0 Å². The molecule has 0 fully saturated rings. The van der Waals surface area contributed by atoms with E-state index in [2.05, 4.69) is 10.1 Å². The number of alkyl halides is 3. The summed E-state index contributed by atoms with van der Waals surface area (Å²) in [5.74, 6) is -1.50. The van der Waals surface area contributed by atoms with Gasteiger partial charge >= 0.3 is 6.36 Å². The summed E-state index contributed by atoms with van der Waals surface area (Å²) in [6.45, 7) is -0.213. The Kier molecular flexibility index (Phi) is 5.55. The molecule has 148 valence electrons. The summed E-state index contributed by atoms with van der Waals surface area (Å²) in [7, 11) is 0. The molecule has 0 bridgehead atoms. The van der Waals surface area contributed by atoms with E-state index in [9.17, 15) is 27.9 Å². The number of hydrogen-bond donors (Lipinski definition) is 2. The second kappa shape index (κ2) is 7.89. The highest BCUT2D eigenvalue weighted by molar-refractivity contribution is 5.99. The third-order valence-corrected chi connectivity index (χ3v) is 4.31. The lowest BCUT2D eigenvalue weighted by atomic mass is 10.1. The van der Waals surface area contributed by atoms with Crippen molar-refractivity contribution in [1.82, 2.24) is 4.90 Å².